The van der Waals surface area contributed by atoms with Crippen molar-refractivity contribution in [1.29, 1.82) is 0 Å². The standard InChI is InChI=1S/C30H23N/c1-31(2)22-17-18-25-26(19-22)30-27(20-11-5-3-6-12-20)23-15-9-10-16-24(23)29(30)28(25)21-13-7-4-8-14-21/h3-19H,1-2H3. The van der Waals surface area contributed by atoms with E-state index in [1.165, 1.54) is 60.0 Å². The lowest BCUT2D eigenvalue weighted by molar-refractivity contribution is 1.13. The summed E-state index contributed by atoms with van der Waals surface area (Å²) in [6.45, 7) is 0. The van der Waals surface area contributed by atoms with Gasteiger partial charge in [-0.1, -0.05) is 91.0 Å². The molecule has 0 bridgehead atoms. The molecule has 0 atom stereocenters. The molecule has 4 aromatic rings. The third kappa shape index (κ3) is 2.63. The van der Waals surface area contributed by atoms with Crippen LogP contribution >= 0.6 is 0 Å². The van der Waals surface area contributed by atoms with E-state index in [9.17, 15) is 0 Å². The van der Waals surface area contributed by atoms with Crippen LogP contribution in [0.3, 0.4) is 0 Å². The normalized spacial score (nSPS) is 13.9. The Bertz CT molecular complexity index is 1570. The van der Waals surface area contributed by atoms with Gasteiger partial charge in [0.1, 0.15) is 0 Å². The Balaban J connectivity index is 1.84. The van der Waals surface area contributed by atoms with E-state index in [-0.39, 0.29) is 0 Å². The number of rotatable bonds is 3. The zero-order valence-electron chi connectivity index (χ0n) is 17.8. The fraction of sp³-hybridized carbons (Fsp3) is 0.0667. The maximum Gasteiger partial charge on any atom is 0.0367 e. The lowest BCUT2D eigenvalue weighted by atomic mass is 9.92. The molecule has 1 heteroatoms. The molecule has 2 aliphatic rings. The molecule has 148 valence electrons. The first-order chi connectivity index (χ1) is 15.2. The Morgan fingerprint density at radius 1 is 0.419 bits per heavy atom. The van der Waals surface area contributed by atoms with Gasteiger partial charge in [-0.2, -0.15) is 0 Å². The van der Waals surface area contributed by atoms with Crippen molar-refractivity contribution >= 4 is 28.0 Å². The quantitative estimate of drug-likeness (QED) is 0.513. The molecule has 0 radical (unpaired) electrons. The van der Waals surface area contributed by atoms with Crippen molar-refractivity contribution in [2.24, 2.45) is 0 Å². The van der Waals surface area contributed by atoms with E-state index in [2.05, 4.69) is 122 Å². The van der Waals surface area contributed by atoms with Crippen molar-refractivity contribution in [3.05, 3.63) is 135 Å². The fourth-order valence-corrected chi connectivity index (χ4v) is 5.02. The van der Waals surface area contributed by atoms with Gasteiger partial charge in [-0.25, -0.2) is 0 Å². The SMILES string of the molecule is CN(C)c1ccc2c(c1)=C1C(=c3ccccc3=C1c1ccccc1)C=2c1ccccc1. The number of hydrogen-bond acceptors (Lipinski definition) is 1. The van der Waals surface area contributed by atoms with Crippen molar-refractivity contribution < 1.29 is 0 Å². The zero-order chi connectivity index (χ0) is 20.9. The number of hydrogen-bond donors (Lipinski definition) is 0. The monoisotopic (exact) mass is 397 g/mol. The van der Waals surface area contributed by atoms with Gasteiger partial charge >= 0.3 is 0 Å². The Hall–Kier alpha value is -3.84. The molecule has 1 nitrogen and oxygen atoms in total. The molecule has 2 aliphatic carbocycles. The molecule has 31 heavy (non-hydrogen) atoms. The highest BCUT2D eigenvalue weighted by molar-refractivity contribution is 6.31. The van der Waals surface area contributed by atoms with E-state index >= 15 is 0 Å². The molecular formula is C30H23N. The first-order valence-electron chi connectivity index (χ1n) is 10.8. The van der Waals surface area contributed by atoms with Gasteiger partial charge in [0.25, 0.3) is 0 Å². The molecular weight excluding hydrogens is 374 g/mol. The van der Waals surface area contributed by atoms with Crippen LogP contribution in [0.5, 0.6) is 0 Å². The van der Waals surface area contributed by atoms with Crippen LogP contribution in [-0.4, -0.2) is 14.1 Å². The first-order valence-corrected chi connectivity index (χ1v) is 10.8. The lowest BCUT2D eigenvalue weighted by Crippen LogP contribution is -2.29. The van der Waals surface area contributed by atoms with Crippen molar-refractivity contribution in [2.45, 2.75) is 0 Å². The third-order valence-corrected chi connectivity index (χ3v) is 6.40. The molecule has 0 heterocycles. The van der Waals surface area contributed by atoms with E-state index in [1.54, 1.807) is 0 Å². The summed E-state index contributed by atoms with van der Waals surface area (Å²) in [5.41, 5.74) is 9.19. The second-order valence-corrected chi connectivity index (χ2v) is 8.40. The summed E-state index contributed by atoms with van der Waals surface area (Å²) in [5, 5.41) is 5.31. The van der Waals surface area contributed by atoms with Gasteiger partial charge in [0.05, 0.1) is 0 Å². The van der Waals surface area contributed by atoms with Crippen LogP contribution in [0.15, 0.2) is 103 Å². The molecule has 0 fully saturated rings. The van der Waals surface area contributed by atoms with Gasteiger partial charge in [-0.05, 0) is 66.4 Å². The maximum atomic E-state index is 2.36. The van der Waals surface area contributed by atoms with Crippen LogP contribution in [0.4, 0.5) is 5.69 Å². The summed E-state index contributed by atoms with van der Waals surface area (Å²) < 4.78 is 0. The molecule has 0 N–H and O–H groups in total. The minimum Gasteiger partial charge on any atom is -0.378 e. The van der Waals surface area contributed by atoms with Crippen molar-refractivity contribution in [1.82, 2.24) is 0 Å². The highest BCUT2D eigenvalue weighted by Gasteiger charge is 2.29. The van der Waals surface area contributed by atoms with Crippen LogP contribution in [0.1, 0.15) is 11.1 Å². The molecule has 0 unspecified atom stereocenters. The number of anilines is 1. The van der Waals surface area contributed by atoms with Gasteiger partial charge in [0, 0.05) is 19.8 Å². The minimum absolute atomic E-state index is 1.23. The molecule has 0 saturated heterocycles. The highest BCUT2D eigenvalue weighted by Crippen LogP contribution is 2.38. The zero-order valence-corrected chi connectivity index (χ0v) is 17.8. The fourth-order valence-electron chi connectivity index (χ4n) is 5.02. The highest BCUT2D eigenvalue weighted by atomic mass is 15.1. The summed E-state index contributed by atoms with van der Waals surface area (Å²) >= 11 is 0. The van der Waals surface area contributed by atoms with Crippen LogP contribution in [-0.2, 0) is 0 Å². The topological polar surface area (TPSA) is 3.24 Å². The molecule has 0 saturated carbocycles. The Kier molecular flexibility index (Phi) is 3.97. The van der Waals surface area contributed by atoms with Crippen molar-refractivity contribution in [2.75, 3.05) is 19.0 Å². The van der Waals surface area contributed by atoms with Crippen LogP contribution in [0.2, 0.25) is 0 Å². The summed E-state index contributed by atoms with van der Waals surface area (Å²) in [4.78, 5) is 2.19. The number of benzene rings is 4. The summed E-state index contributed by atoms with van der Waals surface area (Å²) in [5.74, 6) is 0. The Morgan fingerprint density at radius 2 is 0.871 bits per heavy atom. The summed E-state index contributed by atoms with van der Waals surface area (Å²) in [6.07, 6.45) is 0. The summed E-state index contributed by atoms with van der Waals surface area (Å²) in [6, 6.07) is 37.4. The van der Waals surface area contributed by atoms with E-state index in [4.69, 9.17) is 0 Å². The average Bonchev–Trinajstić information content (AvgIpc) is 3.32. The largest absolute Gasteiger partial charge is 0.378 e. The first kappa shape index (κ1) is 18.0. The van der Waals surface area contributed by atoms with Gasteiger partial charge in [0.2, 0.25) is 0 Å². The predicted molar refractivity (Wildman–Crippen MR) is 130 cm³/mol. The lowest BCUT2D eigenvalue weighted by Gasteiger charge is -2.12. The summed E-state index contributed by atoms with van der Waals surface area (Å²) in [7, 11) is 4.22. The molecule has 0 aromatic heterocycles. The molecule has 0 amide bonds. The number of fused-ring (bicyclic) bond motifs is 3. The van der Waals surface area contributed by atoms with E-state index in [0.717, 1.165) is 0 Å². The van der Waals surface area contributed by atoms with Gasteiger partial charge < -0.3 is 4.90 Å². The van der Waals surface area contributed by atoms with E-state index < -0.39 is 0 Å². The molecule has 0 spiro atoms. The van der Waals surface area contributed by atoms with Crippen molar-refractivity contribution in [3.8, 4) is 0 Å². The average molecular weight is 398 g/mol. The second-order valence-electron chi connectivity index (χ2n) is 8.40. The van der Waals surface area contributed by atoms with Crippen LogP contribution in [0, 0.1) is 0 Å². The maximum absolute atomic E-state index is 2.36. The Labute approximate surface area is 182 Å². The van der Waals surface area contributed by atoms with Crippen LogP contribution < -0.4 is 25.8 Å². The van der Waals surface area contributed by atoms with Gasteiger partial charge in [-0.15, -0.1) is 0 Å². The van der Waals surface area contributed by atoms with Gasteiger partial charge in [-0.3, -0.25) is 0 Å². The second kappa shape index (κ2) is 6.85. The minimum atomic E-state index is 1.23. The van der Waals surface area contributed by atoms with E-state index in [1.807, 2.05) is 0 Å². The van der Waals surface area contributed by atoms with Gasteiger partial charge in [0.15, 0.2) is 0 Å². The van der Waals surface area contributed by atoms with Crippen molar-refractivity contribution in [3.63, 3.8) is 0 Å². The molecule has 0 aliphatic heterocycles. The van der Waals surface area contributed by atoms with E-state index in [0.29, 0.717) is 0 Å². The molecule has 6 rings (SSSR count). The molecule has 4 aromatic carbocycles. The third-order valence-electron chi connectivity index (χ3n) is 6.40. The predicted octanol–water partition coefficient (Wildman–Crippen LogP) is 3.18. The number of nitrogens with zero attached hydrogens (tertiary/aromatic N) is 1. The Morgan fingerprint density at radius 3 is 1.42 bits per heavy atom. The smallest absolute Gasteiger partial charge is 0.0367 e. The van der Waals surface area contributed by atoms with Crippen LogP contribution in [0.25, 0.3) is 22.3 Å².